The van der Waals surface area contributed by atoms with Crippen LogP contribution in [0.4, 0.5) is 0 Å². The van der Waals surface area contributed by atoms with Crippen molar-refractivity contribution in [1.82, 2.24) is 14.5 Å². The molecule has 4 heteroatoms. The minimum absolute atomic E-state index is 0.542. The molecular weight excluding hydrogens is 230 g/mol. The molecule has 0 atom stereocenters. The van der Waals surface area contributed by atoms with Gasteiger partial charge in [-0.05, 0) is 43.6 Å². The quantitative estimate of drug-likeness (QED) is 0.775. The summed E-state index contributed by atoms with van der Waals surface area (Å²) in [4.78, 5) is 7.82. The second-order valence-electron chi connectivity index (χ2n) is 4.98. The van der Waals surface area contributed by atoms with Gasteiger partial charge in [-0.3, -0.25) is 4.57 Å². The first-order valence-corrected chi connectivity index (χ1v) is 6.73. The highest BCUT2D eigenvalue weighted by Crippen LogP contribution is 2.30. The molecule has 90 valence electrons. The molecule has 17 heavy (non-hydrogen) atoms. The molecule has 3 nitrogen and oxygen atoms in total. The summed E-state index contributed by atoms with van der Waals surface area (Å²) >= 11 is 5.44. The fraction of sp³-hybridized carbons (Fsp3) is 0.538. The van der Waals surface area contributed by atoms with Gasteiger partial charge in [0.25, 0.3) is 0 Å². The molecule has 2 aromatic heterocycles. The number of aromatic nitrogens is 3. The fourth-order valence-electron chi connectivity index (χ4n) is 2.80. The van der Waals surface area contributed by atoms with Gasteiger partial charge in [0.05, 0.1) is 5.52 Å². The summed E-state index contributed by atoms with van der Waals surface area (Å²) in [7, 11) is 0. The minimum Gasteiger partial charge on any atom is -0.329 e. The number of H-pyrrole nitrogens is 1. The van der Waals surface area contributed by atoms with Crippen LogP contribution in [0, 0.1) is 11.7 Å². The van der Waals surface area contributed by atoms with Gasteiger partial charge in [-0.1, -0.05) is 19.3 Å². The van der Waals surface area contributed by atoms with E-state index in [1.807, 2.05) is 6.20 Å². The lowest BCUT2D eigenvalue weighted by Gasteiger charge is -2.23. The van der Waals surface area contributed by atoms with Crippen molar-refractivity contribution >= 4 is 23.4 Å². The molecule has 1 aliphatic carbocycles. The van der Waals surface area contributed by atoms with Crippen molar-refractivity contribution in [3.63, 3.8) is 0 Å². The Morgan fingerprint density at radius 3 is 2.88 bits per heavy atom. The molecule has 1 N–H and O–H groups in total. The van der Waals surface area contributed by atoms with Gasteiger partial charge in [-0.15, -0.1) is 0 Å². The predicted molar refractivity (Wildman–Crippen MR) is 71.8 cm³/mol. The molecule has 0 spiro atoms. The van der Waals surface area contributed by atoms with Gasteiger partial charge in [-0.2, -0.15) is 0 Å². The van der Waals surface area contributed by atoms with E-state index in [1.165, 1.54) is 37.7 Å². The zero-order valence-electron chi connectivity index (χ0n) is 10.1. The van der Waals surface area contributed by atoms with Gasteiger partial charge in [-0.25, -0.2) is 4.98 Å². The van der Waals surface area contributed by atoms with Crippen molar-refractivity contribution in [3.05, 3.63) is 22.6 Å². The SMILES string of the molecule is Cc1cnc2c(c1)[nH]c(=S)n2C1CCCCC1. The second kappa shape index (κ2) is 4.26. The van der Waals surface area contributed by atoms with E-state index >= 15 is 0 Å². The number of nitrogens with one attached hydrogen (secondary N) is 1. The van der Waals surface area contributed by atoms with Crippen LogP contribution in [0.1, 0.15) is 43.7 Å². The van der Waals surface area contributed by atoms with Gasteiger partial charge >= 0.3 is 0 Å². The number of imidazole rings is 1. The van der Waals surface area contributed by atoms with Crippen LogP contribution < -0.4 is 0 Å². The maximum absolute atomic E-state index is 5.44. The first-order chi connectivity index (χ1) is 8.25. The van der Waals surface area contributed by atoms with Crippen molar-refractivity contribution in [2.24, 2.45) is 0 Å². The predicted octanol–water partition coefficient (Wildman–Crippen LogP) is 3.91. The van der Waals surface area contributed by atoms with Gasteiger partial charge in [0, 0.05) is 12.2 Å². The number of rotatable bonds is 1. The largest absolute Gasteiger partial charge is 0.329 e. The number of fused-ring (bicyclic) bond motifs is 1. The average Bonchev–Trinajstić information content (AvgIpc) is 2.65. The van der Waals surface area contributed by atoms with E-state index in [4.69, 9.17) is 12.2 Å². The zero-order chi connectivity index (χ0) is 11.8. The molecule has 0 bridgehead atoms. The lowest BCUT2D eigenvalue weighted by atomic mass is 9.95. The molecule has 1 saturated carbocycles. The summed E-state index contributed by atoms with van der Waals surface area (Å²) in [5.74, 6) is 0. The molecule has 0 saturated heterocycles. The molecule has 0 aliphatic heterocycles. The van der Waals surface area contributed by atoms with E-state index in [0.29, 0.717) is 6.04 Å². The minimum atomic E-state index is 0.542. The molecular formula is C13H17N3S. The standard InChI is InChI=1S/C13H17N3S/c1-9-7-11-12(14-8-9)16(13(17)15-11)10-5-3-2-4-6-10/h7-8,10H,2-6H2,1H3,(H,15,17). The van der Waals surface area contributed by atoms with Crippen LogP contribution in [-0.2, 0) is 0 Å². The number of hydrogen-bond acceptors (Lipinski definition) is 2. The van der Waals surface area contributed by atoms with Gasteiger partial charge in [0.15, 0.2) is 10.4 Å². The molecule has 0 unspecified atom stereocenters. The Bertz CT molecular complexity index is 590. The van der Waals surface area contributed by atoms with Gasteiger partial charge in [0.2, 0.25) is 0 Å². The number of nitrogens with zero attached hydrogens (tertiary/aromatic N) is 2. The van der Waals surface area contributed by atoms with Gasteiger partial charge in [0.1, 0.15) is 0 Å². The van der Waals surface area contributed by atoms with E-state index in [9.17, 15) is 0 Å². The third-order valence-corrected chi connectivity index (χ3v) is 3.93. The summed E-state index contributed by atoms with van der Waals surface area (Å²) in [5, 5.41) is 0. The monoisotopic (exact) mass is 247 g/mol. The molecule has 3 rings (SSSR count). The first kappa shape index (κ1) is 11.0. The first-order valence-electron chi connectivity index (χ1n) is 6.32. The van der Waals surface area contributed by atoms with Crippen molar-refractivity contribution in [3.8, 4) is 0 Å². The third-order valence-electron chi connectivity index (χ3n) is 3.63. The van der Waals surface area contributed by atoms with E-state index < -0.39 is 0 Å². The van der Waals surface area contributed by atoms with Crippen LogP contribution in [0.3, 0.4) is 0 Å². The summed E-state index contributed by atoms with van der Waals surface area (Å²) in [6.07, 6.45) is 8.37. The summed E-state index contributed by atoms with van der Waals surface area (Å²) in [6.45, 7) is 2.06. The van der Waals surface area contributed by atoms with Crippen LogP contribution in [-0.4, -0.2) is 14.5 Å². The summed E-state index contributed by atoms with van der Waals surface area (Å²) < 4.78 is 3.05. The molecule has 1 fully saturated rings. The number of hydrogen-bond donors (Lipinski definition) is 1. The van der Waals surface area contributed by atoms with E-state index in [2.05, 4.69) is 27.5 Å². The van der Waals surface area contributed by atoms with Crippen molar-refractivity contribution in [1.29, 1.82) is 0 Å². The Labute approximate surface area is 106 Å². The Balaban J connectivity index is 2.14. The molecule has 1 aliphatic rings. The topological polar surface area (TPSA) is 33.6 Å². The smallest absolute Gasteiger partial charge is 0.179 e. The Morgan fingerprint density at radius 2 is 2.12 bits per heavy atom. The van der Waals surface area contributed by atoms with Crippen LogP contribution in [0.5, 0.6) is 0 Å². The molecule has 0 amide bonds. The number of aromatic amines is 1. The van der Waals surface area contributed by atoms with E-state index in [0.717, 1.165) is 15.9 Å². The lowest BCUT2D eigenvalue weighted by Crippen LogP contribution is -2.13. The lowest BCUT2D eigenvalue weighted by molar-refractivity contribution is 0.356. The Hall–Kier alpha value is -1.16. The molecule has 2 aromatic rings. The number of pyridine rings is 1. The Morgan fingerprint density at radius 1 is 1.35 bits per heavy atom. The van der Waals surface area contributed by atoms with Crippen molar-refractivity contribution < 1.29 is 0 Å². The van der Waals surface area contributed by atoms with Crippen LogP contribution in [0.2, 0.25) is 0 Å². The highest BCUT2D eigenvalue weighted by molar-refractivity contribution is 7.71. The Kier molecular flexibility index (Phi) is 2.74. The van der Waals surface area contributed by atoms with Crippen LogP contribution in [0.25, 0.3) is 11.2 Å². The summed E-state index contributed by atoms with van der Waals surface area (Å²) in [5.41, 5.74) is 3.26. The zero-order valence-corrected chi connectivity index (χ0v) is 10.9. The normalized spacial score (nSPS) is 17.7. The third kappa shape index (κ3) is 1.90. The van der Waals surface area contributed by atoms with Gasteiger partial charge < -0.3 is 4.98 Å². The van der Waals surface area contributed by atoms with E-state index in [1.54, 1.807) is 0 Å². The molecule has 0 aromatic carbocycles. The van der Waals surface area contributed by atoms with Crippen molar-refractivity contribution in [2.45, 2.75) is 45.1 Å². The molecule has 2 heterocycles. The average molecular weight is 247 g/mol. The maximum Gasteiger partial charge on any atom is 0.179 e. The highest BCUT2D eigenvalue weighted by atomic mass is 32.1. The van der Waals surface area contributed by atoms with Crippen molar-refractivity contribution in [2.75, 3.05) is 0 Å². The highest BCUT2D eigenvalue weighted by Gasteiger charge is 2.18. The van der Waals surface area contributed by atoms with Crippen LogP contribution in [0.15, 0.2) is 12.3 Å². The fourth-order valence-corrected chi connectivity index (χ4v) is 3.14. The van der Waals surface area contributed by atoms with Crippen LogP contribution >= 0.6 is 12.2 Å². The molecule has 0 radical (unpaired) electrons. The second-order valence-corrected chi connectivity index (χ2v) is 5.36. The number of aryl methyl sites for hydroxylation is 1. The summed E-state index contributed by atoms with van der Waals surface area (Å²) in [6, 6.07) is 2.66. The van der Waals surface area contributed by atoms with E-state index in [-0.39, 0.29) is 0 Å². The maximum atomic E-state index is 5.44.